The molecule has 0 spiro atoms. The number of piperazine rings is 1. The fourth-order valence-electron chi connectivity index (χ4n) is 4.75. The molecule has 0 amide bonds. The van der Waals surface area contributed by atoms with Crippen molar-refractivity contribution in [1.82, 2.24) is 19.9 Å². The van der Waals surface area contributed by atoms with Crippen LogP contribution < -0.4 is 14.7 Å². The molecule has 2 aromatic heterocycles. The average molecular weight is 486 g/mol. The Morgan fingerprint density at radius 2 is 1.74 bits per heavy atom. The normalized spacial score (nSPS) is 20.8. The van der Waals surface area contributed by atoms with E-state index < -0.39 is 11.6 Å². The summed E-state index contributed by atoms with van der Waals surface area (Å²) in [6.07, 6.45) is 5.36. The fourth-order valence-corrected chi connectivity index (χ4v) is 4.97. The molecule has 10 heteroatoms. The van der Waals surface area contributed by atoms with Crippen LogP contribution in [0.4, 0.5) is 26.4 Å². The predicted molar refractivity (Wildman–Crippen MR) is 129 cm³/mol. The van der Waals surface area contributed by atoms with Gasteiger partial charge in [0.15, 0.2) is 22.6 Å². The summed E-state index contributed by atoms with van der Waals surface area (Å²) < 4.78 is 27.6. The van der Waals surface area contributed by atoms with E-state index in [-0.39, 0.29) is 6.04 Å². The first kappa shape index (κ1) is 22.7. The van der Waals surface area contributed by atoms with Gasteiger partial charge in [-0.15, -0.1) is 0 Å². The summed E-state index contributed by atoms with van der Waals surface area (Å²) in [6, 6.07) is 6.16. The Morgan fingerprint density at radius 1 is 0.912 bits per heavy atom. The van der Waals surface area contributed by atoms with Crippen LogP contribution in [-0.4, -0.2) is 58.2 Å². The van der Waals surface area contributed by atoms with Crippen molar-refractivity contribution in [2.75, 3.05) is 40.9 Å². The van der Waals surface area contributed by atoms with Gasteiger partial charge >= 0.3 is 0 Å². The van der Waals surface area contributed by atoms with E-state index in [0.717, 1.165) is 31.3 Å². The van der Waals surface area contributed by atoms with Gasteiger partial charge in [-0.2, -0.15) is 4.98 Å². The fraction of sp³-hybridized carbons (Fsp3) is 0.417. The summed E-state index contributed by atoms with van der Waals surface area (Å²) in [5.41, 5.74) is 1.10. The molecule has 0 radical (unpaired) electrons. The molecular formula is C24H26ClF2N7. The molecule has 178 valence electrons. The van der Waals surface area contributed by atoms with Crippen LogP contribution in [0.5, 0.6) is 0 Å². The second-order valence-corrected chi connectivity index (χ2v) is 9.24. The molecule has 34 heavy (non-hydrogen) atoms. The minimum atomic E-state index is -0.892. The second-order valence-electron chi connectivity index (χ2n) is 8.88. The zero-order valence-corrected chi connectivity index (χ0v) is 19.9. The number of aromatic nitrogens is 4. The third kappa shape index (κ3) is 4.36. The van der Waals surface area contributed by atoms with Crippen LogP contribution in [0, 0.1) is 11.6 Å². The lowest BCUT2D eigenvalue weighted by Crippen LogP contribution is -2.53. The summed E-state index contributed by atoms with van der Waals surface area (Å²) >= 11 is 6.27. The van der Waals surface area contributed by atoms with Crippen LogP contribution in [-0.2, 0) is 0 Å². The highest BCUT2D eigenvalue weighted by Gasteiger charge is 2.29. The Labute approximate surface area is 202 Å². The molecule has 0 bridgehead atoms. The van der Waals surface area contributed by atoms with Gasteiger partial charge in [0.2, 0.25) is 5.95 Å². The largest absolute Gasteiger partial charge is 0.350 e. The van der Waals surface area contributed by atoms with Crippen molar-refractivity contribution in [2.45, 2.75) is 38.8 Å². The van der Waals surface area contributed by atoms with E-state index in [2.05, 4.69) is 38.5 Å². The minimum absolute atomic E-state index is 0.100. The molecule has 2 saturated heterocycles. The Bertz CT molecular complexity index is 1190. The Morgan fingerprint density at radius 3 is 2.44 bits per heavy atom. The van der Waals surface area contributed by atoms with Gasteiger partial charge in [0.1, 0.15) is 5.82 Å². The monoisotopic (exact) mass is 485 g/mol. The summed E-state index contributed by atoms with van der Waals surface area (Å²) in [5.74, 6) is 0.290. The summed E-state index contributed by atoms with van der Waals surface area (Å²) in [5, 5.41) is 0.385. The lowest BCUT2D eigenvalue weighted by molar-refractivity contribution is 0.509. The molecule has 1 unspecified atom stereocenters. The van der Waals surface area contributed by atoms with Crippen molar-refractivity contribution in [3.05, 3.63) is 53.4 Å². The third-order valence-electron chi connectivity index (χ3n) is 6.58. The average Bonchev–Trinajstić information content (AvgIpc) is 3.26. The van der Waals surface area contributed by atoms with Crippen molar-refractivity contribution >= 4 is 29.2 Å². The molecule has 5 rings (SSSR count). The molecule has 0 aliphatic carbocycles. The molecule has 4 heterocycles. The third-order valence-corrected chi connectivity index (χ3v) is 6.85. The zero-order chi connectivity index (χ0) is 23.8. The molecule has 0 N–H and O–H groups in total. The van der Waals surface area contributed by atoms with E-state index in [1.165, 1.54) is 6.07 Å². The van der Waals surface area contributed by atoms with Gasteiger partial charge in [0.25, 0.3) is 0 Å². The first-order valence-corrected chi connectivity index (χ1v) is 11.9. The standard InChI is InChI=1S/C24H26ClF2N7/c1-15-4-3-9-34(15)24-30-20(17-5-6-18(26)19(27)12-17)13-21(31-24)33-11-10-32(14-16(33)2)23-22(25)28-7-8-29-23/h5-8,12-13,15-16H,3-4,9-11,14H2,1-2H3/t15?,16-/m0/s1. The topological polar surface area (TPSA) is 61.3 Å². The minimum Gasteiger partial charge on any atom is -0.350 e. The smallest absolute Gasteiger partial charge is 0.228 e. The van der Waals surface area contributed by atoms with Crippen molar-refractivity contribution in [2.24, 2.45) is 0 Å². The molecule has 7 nitrogen and oxygen atoms in total. The summed E-state index contributed by atoms with van der Waals surface area (Å²) in [6.45, 7) is 7.23. The maximum atomic E-state index is 14.0. The molecule has 2 aliphatic rings. The van der Waals surface area contributed by atoms with Crippen LogP contribution in [0.3, 0.4) is 0 Å². The molecule has 3 aromatic rings. The van der Waals surface area contributed by atoms with E-state index in [9.17, 15) is 8.78 Å². The lowest BCUT2D eigenvalue weighted by atomic mass is 10.1. The first-order valence-electron chi connectivity index (χ1n) is 11.5. The summed E-state index contributed by atoms with van der Waals surface area (Å²) in [4.78, 5) is 24.7. The first-order chi connectivity index (χ1) is 16.4. The van der Waals surface area contributed by atoms with Crippen LogP contribution in [0.15, 0.2) is 36.7 Å². The Balaban J connectivity index is 1.49. The van der Waals surface area contributed by atoms with E-state index in [4.69, 9.17) is 21.6 Å². The van der Waals surface area contributed by atoms with Crippen LogP contribution in [0.2, 0.25) is 5.15 Å². The van der Waals surface area contributed by atoms with Gasteiger partial charge in [-0.3, -0.25) is 0 Å². The molecule has 2 atom stereocenters. The summed E-state index contributed by atoms with van der Waals surface area (Å²) in [7, 11) is 0. The van der Waals surface area contributed by atoms with E-state index >= 15 is 0 Å². The highest BCUT2D eigenvalue weighted by molar-refractivity contribution is 6.31. The molecule has 2 fully saturated rings. The van der Waals surface area contributed by atoms with Crippen molar-refractivity contribution in [1.29, 1.82) is 0 Å². The lowest BCUT2D eigenvalue weighted by Gasteiger charge is -2.41. The van der Waals surface area contributed by atoms with Crippen molar-refractivity contribution in [3.8, 4) is 11.3 Å². The van der Waals surface area contributed by atoms with Crippen LogP contribution in [0.1, 0.15) is 26.7 Å². The number of hydrogen-bond acceptors (Lipinski definition) is 7. The molecule has 2 aliphatic heterocycles. The number of nitrogens with zero attached hydrogens (tertiary/aromatic N) is 7. The number of hydrogen-bond donors (Lipinski definition) is 0. The van der Waals surface area contributed by atoms with Crippen LogP contribution >= 0.6 is 11.6 Å². The maximum absolute atomic E-state index is 14.0. The van der Waals surface area contributed by atoms with E-state index in [1.54, 1.807) is 18.5 Å². The number of rotatable bonds is 4. The van der Waals surface area contributed by atoms with Crippen molar-refractivity contribution in [3.63, 3.8) is 0 Å². The van der Waals surface area contributed by atoms with Crippen LogP contribution in [0.25, 0.3) is 11.3 Å². The van der Waals surface area contributed by atoms with Gasteiger partial charge in [0.05, 0.1) is 5.69 Å². The SMILES string of the molecule is CC1CCCN1c1nc(-c2ccc(F)c(F)c2)cc(N2CCN(c3nccnc3Cl)C[C@@H]2C)n1. The van der Waals surface area contributed by atoms with Gasteiger partial charge < -0.3 is 14.7 Å². The predicted octanol–water partition coefficient (Wildman–Crippen LogP) is 4.57. The van der Waals surface area contributed by atoms with Gasteiger partial charge in [0, 0.05) is 62.3 Å². The van der Waals surface area contributed by atoms with Gasteiger partial charge in [-0.25, -0.2) is 23.7 Å². The van der Waals surface area contributed by atoms with Gasteiger partial charge in [-0.1, -0.05) is 11.6 Å². The second kappa shape index (κ2) is 9.29. The quantitative estimate of drug-likeness (QED) is 0.536. The van der Waals surface area contributed by atoms with E-state index in [1.807, 2.05) is 6.07 Å². The number of halogens is 3. The highest BCUT2D eigenvalue weighted by atomic mass is 35.5. The molecular weight excluding hydrogens is 460 g/mol. The maximum Gasteiger partial charge on any atom is 0.228 e. The number of benzene rings is 1. The molecule has 1 aromatic carbocycles. The Hall–Kier alpha value is -3.07. The Kier molecular flexibility index (Phi) is 6.20. The van der Waals surface area contributed by atoms with Gasteiger partial charge in [-0.05, 0) is 44.9 Å². The zero-order valence-electron chi connectivity index (χ0n) is 19.1. The molecule has 0 saturated carbocycles. The number of anilines is 3. The highest BCUT2D eigenvalue weighted by Crippen LogP contribution is 2.31. The van der Waals surface area contributed by atoms with Crippen molar-refractivity contribution < 1.29 is 8.78 Å². The van der Waals surface area contributed by atoms with E-state index in [0.29, 0.717) is 53.9 Å².